The zero-order valence-electron chi connectivity index (χ0n) is 17.0. The fraction of sp³-hybridized carbons (Fsp3) is 0.160. The quantitative estimate of drug-likeness (QED) is 0.538. The zero-order valence-corrected chi connectivity index (χ0v) is 17.0. The highest BCUT2D eigenvalue weighted by atomic mass is 16.2. The number of rotatable bonds is 3. The van der Waals surface area contributed by atoms with Crippen molar-refractivity contribution in [3.63, 3.8) is 0 Å². The van der Waals surface area contributed by atoms with Crippen molar-refractivity contribution in [2.24, 2.45) is 0 Å². The molecular formula is C25H22N4O2. The standard InChI is InChI=1S/C25H22N4O2/c30-24-10-12-29(13-11-26-24)25(31)20-8-9-23-19(14-20)2-1-3-22(23)18-6-4-17(5-7-18)21-15-27-28-16-21/h1-9,14-16H,10-13H2,(H,26,30)(H,27,28). The molecule has 1 aromatic heterocycles. The molecule has 2 N–H and O–H groups in total. The molecule has 0 spiro atoms. The van der Waals surface area contributed by atoms with Gasteiger partial charge >= 0.3 is 0 Å². The second kappa shape index (κ2) is 8.07. The number of carbonyl (C=O) groups excluding carboxylic acids is 2. The van der Waals surface area contributed by atoms with Crippen molar-refractivity contribution in [3.8, 4) is 22.3 Å². The van der Waals surface area contributed by atoms with Gasteiger partial charge < -0.3 is 10.2 Å². The Hall–Kier alpha value is -3.93. The lowest BCUT2D eigenvalue weighted by Gasteiger charge is -2.20. The maximum Gasteiger partial charge on any atom is 0.253 e. The van der Waals surface area contributed by atoms with Crippen LogP contribution in [0.1, 0.15) is 16.8 Å². The minimum atomic E-state index is -0.0340. The second-order valence-corrected chi connectivity index (χ2v) is 7.70. The van der Waals surface area contributed by atoms with Crippen LogP contribution in [0.4, 0.5) is 0 Å². The van der Waals surface area contributed by atoms with Crippen LogP contribution in [-0.2, 0) is 4.79 Å². The van der Waals surface area contributed by atoms with Gasteiger partial charge in [0.05, 0.1) is 6.20 Å². The monoisotopic (exact) mass is 410 g/mol. The van der Waals surface area contributed by atoms with Gasteiger partial charge in [-0.05, 0) is 39.6 Å². The van der Waals surface area contributed by atoms with Crippen LogP contribution in [0.5, 0.6) is 0 Å². The fourth-order valence-corrected chi connectivity index (χ4v) is 4.07. The molecule has 3 aromatic carbocycles. The van der Waals surface area contributed by atoms with Gasteiger partial charge in [-0.3, -0.25) is 14.7 Å². The van der Waals surface area contributed by atoms with E-state index in [2.05, 4.69) is 45.8 Å². The number of nitrogens with one attached hydrogen (secondary N) is 2. The van der Waals surface area contributed by atoms with Crippen LogP contribution in [0.25, 0.3) is 33.0 Å². The lowest BCUT2D eigenvalue weighted by atomic mass is 9.95. The topological polar surface area (TPSA) is 78.1 Å². The first-order valence-corrected chi connectivity index (χ1v) is 10.4. The Kier molecular flexibility index (Phi) is 4.96. The van der Waals surface area contributed by atoms with E-state index in [9.17, 15) is 9.59 Å². The van der Waals surface area contributed by atoms with Crippen molar-refractivity contribution < 1.29 is 9.59 Å². The van der Waals surface area contributed by atoms with Crippen LogP contribution in [-0.4, -0.2) is 46.5 Å². The van der Waals surface area contributed by atoms with Crippen LogP contribution >= 0.6 is 0 Å². The van der Waals surface area contributed by atoms with Crippen molar-refractivity contribution in [2.45, 2.75) is 6.42 Å². The number of aromatic nitrogens is 2. The van der Waals surface area contributed by atoms with Gasteiger partial charge in [-0.25, -0.2) is 0 Å². The largest absolute Gasteiger partial charge is 0.354 e. The number of H-pyrrole nitrogens is 1. The van der Waals surface area contributed by atoms with E-state index in [0.717, 1.165) is 33.0 Å². The Morgan fingerprint density at radius 1 is 0.935 bits per heavy atom. The number of amides is 2. The molecule has 31 heavy (non-hydrogen) atoms. The summed E-state index contributed by atoms with van der Waals surface area (Å²) < 4.78 is 0. The summed E-state index contributed by atoms with van der Waals surface area (Å²) in [7, 11) is 0. The summed E-state index contributed by atoms with van der Waals surface area (Å²) in [5.74, 6) is -0.0366. The molecule has 0 aliphatic carbocycles. The van der Waals surface area contributed by atoms with Gasteiger partial charge in [-0.1, -0.05) is 48.5 Å². The summed E-state index contributed by atoms with van der Waals surface area (Å²) in [5.41, 5.74) is 5.05. The summed E-state index contributed by atoms with van der Waals surface area (Å²) in [6.45, 7) is 1.48. The van der Waals surface area contributed by atoms with Crippen molar-refractivity contribution in [2.75, 3.05) is 19.6 Å². The van der Waals surface area contributed by atoms with Gasteiger partial charge in [-0.2, -0.15) is 5.10 Å². The minimum absolute atomic E-state index is 0.00255. The number of hydrogen-bond donors (Lipinski definition) is 2. The fourth-order valence-electron chi connectivity index (χ4n) is 4.07. The van der Waals surface area contributed by atoms with Crippen molar-refractivity contribution >= 4 is 22.6 Å². The lowest BCUT2D eigenvalue weighted by molar-refractivity contribution is -0.120. The van der Waals surface area contributed by atoms with Crippen LogP contribution in [0.15, 0.2) is 73.1 Å². The van der Waals surface area contributed by atoms with E-state index in [1.165, 1.54) is 0 Å². The number of nitrogens with zero attached hydrogens (tertiary/aromatic N) is 2. The molecule has 1 fully saturated rings. The third kappa shape index (κ3) is 3.80. The van der Waals surface area contributed by atoms with Crippen molar-refractivity contribution in [1.29, 1.82) is 0 Å². The van der Waals surface area contributed by atoms with Crippen LogP contribution in [0, 0.1) is 0 Å². The molecule has 2 heterocycles. The molecule has 2 amide bonds. The summed E-state index contributed by atoms with van der Waals surface area (Å²) in [6, 6.07) is 20.4. The van der Waals surface area contributed by atoms with Crippen molar-refractivity contribution in [1.82, 2.24) is 20.4 Å². The number of fused-ring (bicyclic) bond motifs is 1. The third-order valence-corrected chi connectivity index (χ3v) is 5.75. The van der Waals surface area contributed by atoms with Gasteiger partial charge in [0.2, 0.25) is 5.91 Å². The number of aromatic amines is 1. The predicted molar refractivity (Wildman–Crippen MR) is 120 cm³/mol. The summed E-state index contributed by atoms with van der Waals surface area (Å²) in [5, 5.41) is 11.8. The average Bonchev–Trinajstić information content (AvgIpc) is 3.26. The Morgan fingerprint density at radius 2 is 1.77 bits per heavy atom. The van der Waals surface area contributed by atoms with Crippen LogP contribution < -0.4 is 5.32 Å². The second-order valence-electron chi connectivity index (χ2n) is 7.70. The Bertz CT molecular complexity index is 1250. The minimum Gasteiger partial charge on any atom is -0.354 e. The highest BCUT2D eigenvalue weighted by Gasteiger charge is 2.20. The zero-order chi connectivity index (χ0) is 21.2. The molecule has 0 atom stereocenters. The molecule has 1 saturated heterocycles. The Labute approximate surface area is 179 Å². The summed E-state index contributed by atoms with van der Waals surface area (Å²) >= 11 is 0. The Morgan fingerprint density at radius 3 is 2.58 bits per heavy atom. The van der Waals surface area contributed by atoms with Gasteiger partial charge in [0, 0.05) is 43.4 Å². The highest BCUT2D eigenvalue weighted by Crippen LogP contribution is 2.31. The van der Waals surface area contributed by atoms with Gasteiger partial charge in [0.25, 0.3) is 5.91 Å². The molecule has 0 unspecified atom stereocenters. The Balaban J connectivity index is 1.45. The van der Waals surface area contributed by atoms with E-state index in [1.54, 1.807) is 4.90 Å². The smallest absolute Gasteiger partial charge is 0.253 e. The molecule has 4 aromatic rings. The first-order valence-electron chi connectivity index (χ1n) is 10.4. The van der Waals surface area contributed by atoms with E-state index in [4.69, 9.17) is 0 Å². The summed E-state index contributed by atoms with van der Waals surface area (Å²) in [6.07, 6.45) is 4.03. The number of carbonyl (C=O) groups is 2. The van der Waals surface area contributed by atoms with Crippen LogP contribution in [0.3, 0.4) is 0 Å². The lowest BCUT2D eigenvalue weighted by Crippen LogP contribution is -2.34. The van der Waals surface area contributed by atoms with Crippen LogP contribution in [0.2, 0.25) is 0 Å². The molecule has 1 aliphatic heterocycles. The van der Waals surface area contributed by atoms with E-state index < -0.39 is 0 Å². The van der Waals surface area contributed by atoms with E-state index in [0.29, 0.717) is 31.6 Å². The maximum atomic E-state index is 13.0. The molecule has 0 saturated carbocycles. The molecule has 154 valence electrons. The predicted octanol–water partition coefficient (Wildman–Crippen LogP) is 3.86. The molecule has 0 bridgehead atoms. The van der Waals surface area contributed by atoms with E-state index >= 15 is 0 Å². The van der Waals surface area contributed by atoms with E-state index in [1.807, 2.05) is 42.7 Å². The molecule has 1 aliphatic rings. The average molecular weight is 410 g/mol. The molecule has 6 heteroatoms. The number of hydrogen-bond acceptors (Lipinski definition) is 3. The van der Waals surface area contributed by atoms with Gasteiger partial charge in [0.15, 0.2) is 0 Å². The first kappa shape index (κ1) is 19.1. The highest BCUT2D eigenvalue weighted by molar-refractivity contribution is 6.03. The maximum absolute atomic E-state index is 13.0. The molecule has 6 nitrogen and oxygen atoms in total. The molecule has 5 rings (SSSR count). The molecular weight excluding hydrogens is 388 g/mol. The number of benzene rings is 3. The van der Waals surface area contributed by atoms with E-state index in [-0.39, 0.29) is 11.8 Å². The summed E-state index contributed by atoms with van der Waals surface area (Å²) in [4.78, 5) is 26.3. The van der Waals surface area contributed by atoms with Gasteiger partial charge in [-0.15, -0.1) is 0 Å². The van der Waals surface area contributed by atoms with Crippen molar-refractivity contribution in [3.05, 3.63) is 78.6 Å². The first-order chi connectivity index (χ1) is 15.2. The molecule has 0 radical (unpaired) electrons. The van der Waals surface area contributed by atoms with Gasteiger partial charge in [0.1, 0.15) is 0 Å². The SMILES string of the molecule is O=C1CCN(C(=O)c2ccc3c(-c4ccc(-c5cn[nH]c5)cc4)cccc3c2)CCN1. The normalized spacial score (nSPS) is 14.3. The third-order valence-electron chi connectivity index (χ3n) is 5.75.